The Balaban J connectivity index is 1.53. The standard InChI is InChI=1S/C28H32ClN3O3S/c1-22-11-12-24(36-22)20-32(19-23-7-3-2-4-8-23)27(33)21-31(14-13-30-15-17-35-18-16-30)28(34)25-9-5-6-10-26(25)29/h2-12H,13-21H2,1H3. The van der Waals surface area contributed by atoms with Crippen LogP contribution in [-0.2, 0) is 22.6 Å². The molecule has 36 heavy (non-hydrogen) atoms. The first-order valence-corrected chi connectivity index (χ1v) is 13.4. The fraction of sp³-hybridized carbons (Fsp3) is 0.357. The van der Waals surface area contributed by atoms with Gasteiger partial charge >= 0.3 is 0 Å². The van der Waals surface area contributed by atoms with Gasteiger partial charge in [-0.25, -0.2) is 0 Å². The van der Waals surface area contributed by atoms with E-state index in [0.29, 0.717) is 50.0 Å². The first kappa shape index (κ1) is 26.4. The fourth-order valence-corrected chi connectivity index (χ4v) is 5.32. The lowest BCUT2D eigenvalue weighted by molar-refractivity contribution is -0.133. The van der Waals surface area contributed by atoms with Crippen LogP contribution >= 0.6 is 22.9 Å². The van der Waals surface area contributed by atoms with Gasteiger partial charge in [0.2, 0.25) is 5.91 Å². The lowest BCUT2D eigenvalue weighted by Gasteiger charge is -2.31. The number of morpholine rings is 1. The van der Waals surface area contributed by atoms with Gasteiger partial charge in [-0.2, -0.15) is 0 Å². The molecule has 0 aliphatic carbocycles. The zero-order valence-corrected chi connectivity index (χ0v) is 22.1. The van der Waals surface area contributed by atoms with Crippen molar-refractivity contribution in [3.05, 3.63) is 92.6 Å². The molecule has 0 N–H and O–H groups in total. The third-order valence-electron chi connectivity index (χ3n) is 6.22. The highest BCUT2D eigenvalue weighted by Crippen LogP contribution is 2.20. The molecule has 8 heteroatoms. The van der Waals surface area contributed by atoms with Gasteiger partial charge in [0.05, 0.1) is 30.3 Å². The number of benzene rings is 2. The second-order valence-corrected chi connectivity index (χ2v) is 10.7. The quantitative estimate of drug-likeness (QED) is 0.384. The summed E-state index contributed by atoms with van der Waals surface area (Å²) in [5.41, 5.74) is 1.47. The highest BCUT2D eigenvalue weighted by molar-refractivity contribution is 7.11. The van der Waals surface area contributed by atoms with E-state index >= 15 is 0 Å². The molecule has 1 saturated heterocycles. The first-order chi connectivity index (χ1) is 17.5. The van der Waals surface area contributed by atoms with Crippen molar-refractivity contribution in [1.82, 2.24) is 14.7 Å². The number of hydrogen-bond acceptors (Lipinski definition) is 5. The van der Waals surface area contributed by atoms with E-state index in [1.54, 1.807) is 40.5 Å². The molecule has 2 amide bonds. The third-order valence-corrected chi connectivity index (χ3v) is 7.53. The monoisotopic (exact) mass is 525 g/mol. The van der Waals surface area contributed by atoms with Gasteiger partial charge in [-0.15, -0.1) is 11.3 Å². The van der Waals surface area contributed by atoms with Gasteiger partial charge in [0.1, 0.15) is 6.54 Å². The summed E-state index contributed by atoms with van der Waals surface area (Å²) in [6.45, 7) is 7.16. The summed E-state index contributed by atoms with van der Waals surface area (Å²) < 4.78 is 5.45. The second kappa shape index (κ2) is 13.0. The number of halogens is 1. The molecular weight excluding hydrogens is 494 g/mol. The molecule has 6 nitrogen and oxygen atoms in total. The van der Waals surface area contributed by atoms with Crippen LogP contribution in [0.15, 0.2) is 66.7 Å². The first-order valence-electron chi connectivity index (χ1n) is 12.2. The average Bonchev–Trinajstić information content (AvgIpc) is 3.31. The number of carbonyl (C=O) groups is 2. The normalized spacial score (nSPS) is 13.9. The molecule has 0 radical (unpaired) electrons. The Labute approximate surface area is 222 Å². The van der Waals surface area contributed by atoms with Crippen molar-refractivity contribution in [1.29, 1.82) is 0 Å². The van der Waals surface area contributed by atoms with E-state index in [1.807, 2.05) is 35.2 Å². The highest BCUT2D eigenvalue weighted by Gasteiger charge is 2.25. The average molecular weight is 526 g/mol. The summed E-state index contributed by atoms with van der Waals surface area (Å²) in [5.74, 6) is -0.318. The minimum atomic E-state index is -0.228. The van der Waals surface area contributed by atoms with Crippen molar-refractivity contribution in [3.8, 4) is 0 Å². The van der Waals surface area contributed by atoms with Crippen LogP contribution in [0.25, 0.3) is 0 Å². The molecule has 0 atom stereocenters. The zero-order chi connectivity index (χ0) is 25.3. The molecule has 0 saturated carbocycles. The molecular formula is C28H32ClN3O3S. The van der Waals surface area contributed by atoms with E-state index in [-0.39, 0.29) is 18.4 Å². The fourth-order valence-electron chi connectivity index (χ4n) is 4.20. The Bertz CT molecular complexity index is 1150. The van der Waals surface area contributed by atoms with Crippen molar-refractivity contribution in [2.24, 2.45) is 0 Å². The molecule has 3 aromatic rings. The SMILES string of the molecule is Cc1ccc(CN(Cc2ccccc2)C(=O)CN(CCN2CCOCC2)C(=O)c2ccccc2Cl)s1. The molecule has 0 unspecified atom stereocenters. The Morgan fingerprint density at radius 1 is 0.944 bits per heavy atom. The molecule has 0 bridgehead atoms. The smallest absolute Gasteiger partial charge is 0.255 e. The van der Waals surface area contributed by atoms with Crippen molar-refractivity contribution >= 4 is 34.8 Å². The summed E-state index contributed by atoms with van der Waals surface area (Å²) in [4.78, 5) is 35.3. The Morgan fingerprint density at radius 2 is 1.67 bits per heavy atom. The molecule has 0 spiro atoms. The van der Waals surface area contributed by atoms with Gasteiger partial charge in [-0.1, -0.05) is 54.1 Å². The zero-order valence-electron chi connectivity index (χ0n) is 20.6. The van der Waals surface area contributed by atoms with E-state index in [2.05, 4.69) is 24.0 Å². The summed E-state index contributed by atoms with van der Waals surface area (Å²) in [7, 11) is 0. The van der Waals surface area contributed by atoms with Crippen LogP contribution in [0, 0.1) is 6.92 Å². The number of amides is 2. The van der Waals surface area contributed by atoms with Gasteiger partial charge in [-0.3, -0.25) is 14.5 Å². The molecule has 4 rings (SSSR count). The van der Waals surface area contributed by atoms with Gasteiger partial charge in [0.15, 0.2) is 0 Å². The molecule has 1 aliphatic heterocycles. The van der Waals surface area contributed by atoms with Crippen LogP contribution in [-0.4, -0.2) is 72.5 Å². The lowest BCUT2D eigenvalue weighted by Crippen LogP contribution is -2.47. The van der Waals surface area contributed by atoms with E-state index < -0.39 is 0 Å². The summed E-state index contributed by atoms with van der Waals surface area (Å²) in [6.07, 6.45) is 0. The van der Waals surface area contributed by atoms with Crippen molar-refractivity contribution in [2.45, 2.75) is 20.0 Å². The Hall–Kier alpha value is -2.71. The minimum absolute atomic E-state index is 0.00835. The lowest BCUT2D eigenvalue weighted by atomic mass is 10.2. The largest absolute Gasteiger partial charge is 0.379 e. The van der Waals surface area contributed by atoms with Crippen LogP contribution in [0.2, 0.25) is 5.02 Å². The van der Waals surface area contributed by atoms with Gasteiger partial charge in [0, 0.05) is 42.5 Å². The number of thiophene rings is 1. The molecule has 1 fully saturated rings. The van der Waals surface area contributed by atoms with Gasteiger partial charge in [-0.05, 0) is 36.8 Å². The number of ether oxygens (including phenoxy) is 1. The number of nitrogens with zero attached hydrogens (tertiary/aromatic N) is 3. The molecule has 2 aromatic carbocycles. The molecule has 2 heterocycles. The van der Waals surface area contributed by atoms with Crippen LogP contribution in [0.4, 0.5) is 0 Å². The maximum Gasteiger partial charge on any atom is 0.255 e. The van der Waals surface area contributed by atoms with Crippen molar-refractivity contribution in [2.75, 3.05) is 45.9 Å². The summed E-state index contributed by atoms with van der Waals surface area (Å²) in [5, 5.41) is 0.390. The predicted octanol–water partition coefficient (Wildman–Crippen LogP) is 4.71. The van der Waals surface area contributed by atoms with Crippen LogP contribution < -0.4 is 0 Å². The number of rotatable bonds is 10. The Morgan fingerprint density at radius 3 is 2.36 bits per heavy atom. The van der Waals surface area contributed by atoms with E-state index in [9.17, 15) is 9.59 Å². The van der Waals surface area contributed by atoms with Crippen LogP contribution in [0.1, 0.15) is 25.7 Å². The number of carbonyl (C=O) groups excluding carboxylic acids is 2. The topological polar surface area (TPSA) is 53.1 Å². The van der Waals surface area contributed by atoms with Crippen molar-refractivity contribution < 1.29 is 14.3 Å². The van der Waals surface area contributed by atoms with E-state index in [0.717, 1.165) is 23.5 Å². The van der Waals surface area contributed by atoms with E-state index in [1.165, 1.54) is 4.88 Å². The second-order valence-electron chi connectivity index (χ2n) is 8.91. The summed E-state index contributed by atoms with van der Waals surface area (Å²) in [6, 6.07) is 21.1. The maximum atomic E-state index is 13.7. The van der Waals surface area contributed by atoms with E-state index in [4.69, 9.17) is 16.3 Å². The van der Waals surface area contributed by atoms with Gasteiger partial charge in [0.25, 0.3) is 5.91 Å². The van der Waals surface area contributed by atoms with Gasteiger partial charge < -0.3 is 14.5 Å². The van der Waals surface area contributed by atoms with Crippen LogP contribution in [0.3, 0.4) is 0 Å². The molecule has 1 aliphatic rings. The molecule has 1 aromatic heterocycles. The summed E-state index contributed by atoms with van der Waals surface area (Å²) >= 11 is 8.05. The predicted molar refractivity (Wildman–Crippen MR) is 144 cm³/mol. The maximum absolute atomic E-state index is 13.7. The van der Waals surface area contributed by atoms with Crippen LogP contribution in [0.5, 0.6) is 0 Å². The third kappa shape index (κ3) is 7.40. The number of aryl methyl sites for hydroxylation is 1. The minimum Gasteiger partial charge on any atom is -0.379 e. The van der Waals surface area contributed by atoms with Crippen molar-refractivity contribution in [3.63, 3.8) is 0 Å². The molecule has 190 valence electrons. The Kier molecular flexibility index (Phi) is 9.53. The highest BCUT2D eigenvalue weighted by atomic mass is 35.5. The number of hydrogen-bond donors (Lipinski definition) is 0.